The predicted octanol–water partition coefficient (Wildman–Crippen LogP) is 0.136. The lowest BCUT2D eigenvalue weighted by atomic mass is 10.4. The molecule has 0 atom stereocenters. The van der Waals surface area contributed by atoms with Gasteiger partial charge in [0.05, 0.1) is 7.11 Å². The van der Waals surface area contributed by atoms with E-state index in [9.17, 15) is 4.79 Å². The molecule has 0 aromatic carbocycles. The number of hydrogen-bond donors (Lipinski definition) is 1. The standard InChI is InChI=1S/C10H10N4O5/c1-17-7-3-2-6(12-13-7)10-11-8(19-14-10)4-18-5-9(15)16/h2-3H,4-5H2,1H3,(H,15,16). The van der Waals surface area contributed by atoms with E-state index in [0.717, 1.165) is 0 Å². The van der Waals surface area contributed by atoms with E-state index < -0.39 is 12.6 Å². The maximum absolute atomic E-state index is 10.3. The van der Waals surface area contributed by atoms with Crippen LogP contribution in [0.15, 0.2) is 16.7 Å². The van der Waals surface area contributed by atoms with Gasteiger partial charge in [0.25, 0.3) is 5.89 Å². The second kappa shape index (κ2) is 5.87. The quantitative estimate of drug-likeness (QED) is 0.777. The van der Waals surface area contributed by atoms with Crippen LogP contribution in [0.25, 0.3) is 11.5 Å². The molecule has 0 aliphatic rings. The molecule has 0 fully saturated rings. The zero-order valence-corrected chi connectivity index (χ0v) is 9.94. The smallest absolute Gasteiger partial charge is 0.329 e. The van der Waals surface area contributed by atoms with Crippen LogP contribution in [0, 0.1) is 0 Å². The van der Waals surface area contributed by atoms with E-state index in [2.05, 4.69) is 20.3 Å². The number of aliphatic carboxylic acids is 1. The Hall–Kier alpha value is -2.55. The minimum Gasteiger partial charge on any atom is -0.480 e. The first kappa shape index (κ1) is 12.9. The molecule has 1 N–H and O–H groups in total. The van der Waals surface area contributed by atoms with Gasteiger partial charge in [0, 0.05) is 6.07 Å². The first-order chi connectivity index (χ1) is 9.19. The van der Waals surface area contributed by atoms with Crippen LogP contribution in [0.2, 0.25) is 0 Å². The minimum absolute atomic E-state index is 0.0805. The summed E-state index contributed by atoms with van der Waals surface area (Å²) in [5.74, 6) is -0.295. The first-order valence-electron chi connectivity index (χ1n) is 5.19. The van der Waals surface area contributed by atoms with Crippen LogP contribution in [0.3, 0.4) is 0 Å². The first-order valence-corrected chi connectivity index (χ1v) is 5.19. The molecule has 100 valence electrons. The number of carboxylic acids is 1. The number of methoxy groups -OCH3 is 1. The molecule has 0 aliphatic carbocycles. The van der Waals surface area contributed by atoms with Crippen molar-refractivity contribution < 1.29 is 23.9 Å². The summed E-state index contributed by atoms with van der Waals surface area (Å²) >= 11 is 0. The van der Waals surface area contributed by atoms with Gasteiger partial charge in [-0.25, -0.2) is 4.79 Å². The van der Waals surface area contributed by atoms with Gasteiger partial charge in [-0.05, 0) is 6.07 Å². The lowest BCUT2D eigenvalue weighted by Gasteiger charge is -1.96. The summed E-state index contributed by atoms with van der Waals surface area (Å²) in [6.07, 6.45) is 0. The van der Waals surface area contributed by atoms with Crippen molar-refractivity contribution in [3.8, 4) is 17.4 Å². The van der Waals surface area contributed by atoms with Crippen LogP contribution < -0.4 is 4.74 Å². The third-order valence-corrected chi connectivity index (χ3v) is 2.00. The average molecular weight is 266 g/mol. The SMILES string of the molecule is COc1ccc(-c2noc(COCC(=O)O)n2)nn1. The summed E-state index contributed by atoms with van der Waals surface area (Å²) in [6, 6.07) is 3.23. The number of carboxylic acid groups (broad SMARTS) is 1. The van der Waals surface area contributed by atoms with Crippen LogP contribution in [0.5, 0.6) is 5.88 Å². The molecule has 0 amide bonds. The van der Waals surface area contributed by atoms with Gasteiger partial charge in [0.15, 0.2) is 0 Å². The zero-order valence-electron chi connectivity index (χ0n) is 9.94. The van der Waals surface area contributed by atoms with Crippen molar-refractivity contribution in [3.63, 3.8) is 0 Å². The predicted molar refractivity (Wildman–Crippen MR) is 59.2 cm³/mol. The third-order valence-electron chi connectivity index (χ3n) is 2.00. The van der Waals surface area contributed by atoms with Crippen molar-refractivity contribution in [2.24, 2.45) is 0 Å². The summed E-state index contributed by atoms with van der Waals surface area (Å²) in [4.78, 5) is 14.2. The Labute approximate surface area is 107 Å². The highest BCUT2D eigenvalue weighted by molar-refractivity contribution is 5.67. The topological polar surface area (TPSA) is 120 Å². The summed E-state index contributed by atoms with van der Waals surface area (Å²) < 4.78 is 14.6. The van der Waals surface area contributed by atoms with Gasteiger partial charge in [0.1, 0.15) is 18.9 Å². The second-order valence-electron chi connectivity index (χ2n) is 3.36. The Morgan fingerprint density at radius 3 is 2.89 bits per heavy atom. The molecule has 0 unspecified atom stereocenters. The summed E-state index contributed by atoms with van der Waals surface area (Å²) in [5.41, 5.74) is 0.411. The fourth-order valence-electron chi connectivity index (χ4n) is 1.19. The van der Waals surface area contributed by atoms with E-state index in [1.54, 1.807) is 12.1 Å². The molecule has 0 saturated heterocycles. The van der Waals surface area contributed by atoms with Crippen LogP contribution >= 0.6 is 0 Å². The van der Waals surface area contributed by atoms with E-state index in [0.29, 0.717) is 11.6 Å². The number of ether oxygens (including phenoxy) is 2. The highest BCUT2D eigenvalue weighted by atomic mass is 16.5. The van der Waals surface area contributed by atoms with Gasteiger partial charge in [-0.3, -0.25) is 0 Å². The van der Waals surface area contributed by atoms with Gasteiger partial charge in [0.2, 0.25) is 11.7 Å². The summed E-state index contributed by atoms with van der Waals surface area (Å²) in [5, 5.41) is 19.7. The molecule has 19 heavy (non-hydrogen) atoms. The molecule has 0 saturated carbocycles. The molecular formula is C10H10N4O5. The van der Waals surface area contributed by atoms with Crippen molar-refractivity contribution in [2.75, 3.05) is 13.7 Å². The monoisotopic (exact) mass is 266 g/mol. The maximum atomic E-state index is 10.3. The summed E-state index contributed by atoms with van der Waals surface area (Å²) in [7, 11) is 1.48. The fraction of sp³-hybridized carbons (Fsp3) is 0.300. The minimum atomic E-state index is -1.07. The van der Waals surface area contributed by atoms with Gasteiger partial charge in [-0.2, -0.15) is 4.98 Å². The molecule has 2 heterocycles. The Bertz CT molecular complexity index is 553. The van der Waals surface area contributed by atoms with Crippen LogP contribution in [0.4, 0.5) is 0 Å². The van der Waals surface area contributed by atoms with E-state index in [-0.39, 0.29) is 18.3 Å². The molecule has 9 heteroatoms. The largest absolute Gasteiger partial charge is 0.480 e. The van der Waals surface area contributed by atoms with Gasteiger partial charge < -0.3 is 19.1 Å². The van der Waals surface area contributed by atoms with Crippen LogP contribution in [-0.2, 0) is 16.1 Å². The fourth-order valence-corrected chi connectivity index (χ4v) is 1.19. The molecule has 9 nitrogen and oxygen atoms in total. The van der Waals surface area contributed by atoms with Crippen molar-refractivity contribution >= 4 is 5.97 Å². The van der Waals surface area contributed by atoms with E-state index in [4.69, 9.17) is 19.1 Å². The maximum Gasteiger partial charge on any atom is 0.329 e. The van der Waals surface area contributed by atoms with E-state index >= 15 is 0 Å². The third kappa shape index (κ3) is 3.45. The molecule has 2 aromatic rings. The molecule has 0 spiro atoms. The Morgan fingerprint density at radius 2 is 2.26 bits per heavy atom. The van der Waals surface area contributed by atoms with Crippen molar-refractivity contribution in [3.05, 3.63) is 18.0 Å². The van der Waals surface area contributed by atoms with Gasteiger partial charge >= 0.3 is 5.97 Å². The van der Waals surface area contributed by atoms with Gasteiger partial charge in [-0.15, -0.1) is 10.2 Å². The highest BCUT2D eigenvalue weighted by Gasteiger charge is 2.11. The zero-order chi connectivity index (χ0) is 13.7. The van der Waals surface area contributed by atoms with Crippen LogP contribution in [0.1, 0.15) is 5.89 Å². The van der Waals surface area contributed by atoms with Crippen LogP contribution in [-0.4, -0.2) is 45.1 Å². The lowest BCUT2D eigenvalue weighted by molar-refractivity contribution is -0.142. The number of nitrogens with zero attached hydrogens (tertiary/aromatic N) is 4. The van der Waals surface area contributed by atoms with Gasteiger partial charge in [-0.1, -0.05) is 5.16 Å². The second-order valence-corrected chi connectivity index (χ2v) is 3.36. The number of rotatable bonds is 6. The van der Waals surface area contributed by atoms with Crippen molar-refractivity contribution in [1.82, 2.24) is 20.3 Å². The molecule has 0 aliphatic heterocycles. The molecule has 2 aromatic heterocycles. The molecular weight excluding hydrogens is 256 g/mol. The molecule has 2 rings (SSSR count). The average Bonchev–Trinajstić information content (AvgIpc) is 2.87. The van der Waals surface area contributed by atoms with E-state index in [1.165, 1.54) is 7.11 Å². The Kier molecular flexibility index (Phi) is 3.98. The number of hydrogen-bond acceptors (Lipinski definition) is 8. The highest BCUT2D eigenvalue weighted by Crippen LogP contribution is 2.14. The lowest BCUT2D eigenvalue weighted by Crippen LogP contribution is -2.06. The molecule has 0 radical (unpaired) electrons. The normalized spacial score (nSPS) is 10.4. The Morgan fingerprint density at radius 1 is 1.42 bits per heavy atom. The van der Waals surface area contributed by atoms with Crippen molar-refractivity contribution in [1.29, 1.82) is 0 Å². The van der Waals surface area contributed by atoms with Crippen molar-refractivity contribution in [2.45, 2.75) is 6.61 Å². The van der Waals surface area contributed by atoms with E-state index in [1.807, 2.05) is 0 Å². The Balaban J connectivity index is 2.01. The summed E-state index contributed by atoms with van der Waals surface area (Å²) in [6.45, 7) is -0.511. The molecule has 0 bridgehead atoms. The number of carbonyl (C=O) groups is 1. The number of aromatic nitrogens is 4.